The summed E-state index contributed by atoms with van der Waals surface area (Å²) in [6.07, 6.45) is 0.222. The number of hydrogen-bond donors (Lipinski definition) is 1. The van der Waals surface area contributed by atoms with Crippen molar-refractivity contribution < 1.29 is 14.6 Å². The number of hydrogen-bond acceptors (Lipinski definition) is 4. The molecule has 0 spiro atoms. The fourth-order valence-corrected chi connectivity index (χ4v) is 1.19. The molecule has 0 aliphatic carbocycles. The first kappa shape index (κ1) is 15.2. The average molecular weight is 224 g/mol. The fraction of sp³-hybridized carbons (Fsp3) is 0.750. The molecule has 0 amide bonds. The number of ether oxygens (including phenoxy) is 1. The number of thioether (sulfide) groups is 1. The van der Waals surface area contributed by atoms with Gasteiger partial charge < -0.3 is 9.84 Å². The van der Waals surface area contributed by atoms with E-state index in [0.29, 0.717) is 11.0 Å². The highest BCUT2D eigenvalue weighted by Gasteiger charge is 1.90. The van der Waals surface area contributed by atoms with Crippen LogP contribution in [0.2, 0.25) is 0 Å². The molecule has 0 bridgehead atoms. The minimum Gasteiger partial charge on any atom is -0.481 e. The van der Waals surface area contributed by atoms with Crippen LogP contribution in [0, 0.1) is 0 Å². The van der Waals surface area contributed by atoms with Crippen molar-refractivity contribution in [3.8, 4) is 0 Å². The summed E-state index contributed by atoms with van der Waals surface area (Å²) in [6.45, 7) is 6.27. The van der Waals surface area contributed by atoms with Crippen LogP contribution in [-0.4, -0.2) is 27.8 Å². The van der Waals surface area contributed by atoms with Crippen LogP contribution in [0.4, 0.5) is 0 Å². The second-order valence-electron chi connectivity index (χ2n) is 1.86. The Labute approximate surface area is 88.9 Å². The van der Waals surface area contributed by atoms with E-state index in [2.05, 4.69) is 6.92 Å². The number of rotatable bonds is 3. The lowest BCUT2D eigenvalue weighted by atomic mass is 10.5. The molecule has 0 rings (SSSR count). The van der Waals surface area contributed by atoms with Gasteiger partial charge in [-0.05, 0) is 24.9 Å². The van der Waals surface area contributed by atoms with E-state index in [1.807, 2.05) is 6.92 Å². The largest absolute Gasteiger partial charge is 0.481 e. The lowest BCUT2D eigenvalue weighted by Gasteiger charge is -1.99. The zero-order valence-corrected chi connectivity index (χ0v) is 9.83. The molecule has 0 atom stereocenters. The van der Waals surface area contributed by atoms with Crippen LogP contribution >= 0.6 is 24.0 Å². The first-order valence-corrected chi connectivity index (χ1v) is 5.49. The minimum absolute atomic E-state index is 0.222. The Kier molecular flexibility index (Phi) is 13.7. The summed E-state index contributed by atoms with van der Waals surface area (Å²) >= 11 is 6.36. The Morgan fingerprint density at radius 3 is 2.15 bits per heavy atom. The molecule has 78 valence electrons. The number of carboxylic acid groups (broad SMARTS) is 1. The van der Waals surface area contributed by atoms with E-state index in [-0.39, 0.29) is 6.42 Å². The van der Waals surface area contributed by atoms with Gasteiger partial charge in [0.25, 0.3) is 0 Å². The third-order valence-corrected chi connectivity index (χ3v) is 1.94. The number of aliphatic carboxylic acids is 1. The van der Waals surface area contributed by atoms with Crippen LogP contribution in [0.1, 0.15) is 27.2 Å². The van der Waals surface area contributed by atoms with Crippen molar-refractivity contribution in [2.75, 3.05) is 12.4 Å². The van der Waals surface area contributed by atoms with Gasteiger partial charge in [0.2, 0.25) is 4.38 Å². The summed E-state index contributed by atoms with van der Waals surface area (Å²) in [5, 5.41) is 7.72. The maximum absolute atomic E-state index is 9.37. The monoisotopic (exact) mass is 224 g/mol. The van der Waals surface area contributed by atoms with Gasteiger partial charge in [-0.15, -0.1) is 0 Å². The molecular weight excluding hydrogens is 208 g/mol. The Hall–Kier alpha value is -0.290. The van der Waals surface area contributed by atoms with Crippen molar-refractivity contribution in [3.05, 3.63) is 0 Å². The van der Waals surface area contributed by atoms with Crippen molar-refractivity contribution in [3.63, 3.8) is 0 Å². The summed E-state index contributed by atoms with van der Waals surface area (Å²) in [6, 6.07) is 0. The molecule has 0 aromatic carbocycles. The van der Waals surface area contributed by atoms with Gasteiger partial charge in [-0.2, -0.15) is 0 Å². The van der Waals surface area contributed by atoms with E-state index in [9.17, 15) is 4.79 Å². The van der Waals surface area contributed by atoms with Crippen LogP contribution in [-0.2, 0) is 9.53 Å². The SMILES string of the molecule is CCC(=O)O.CCOC(=S)SCC. The van der Waals surface area contributed by atoms with Crippen molar-refractivity contribution >= 4 is 34.3 Å². The molecule has 0 aliphatic heterocycles. The van der Waals surface area contributed by atoms with E-state index in [1.165, 1.54) is 0 Å². The first-order valence-electron chi connectivity index (χ1n) is 4.09. The van der Waals surface area contributed by atoms with Gasteiger partial charge in [-0.25, -0.2) is 0 Å². The highest BCUT2D eigenvalue weighted by Crippen LogP contribution is 2.03. The van der Waals surface area contributed by atoms with E-state index in [1.54, 1.807) is 18.7 Å². The van der Waals surface area contributed by atoms with Gasteiger partial charge in [-0.1, -0.05) is 25.6 Å². The quantitative estimate of drug-likeness (QED) is 0.746. The lowest BCUT2D eigenvalue weighted by molar-refractivity contribution is -0.136. The third-order valence-electron chi connectivity index (χ3n) is 0.827. The molecule has 0 saturated heterocycles. The van der Waals surface area contributed by atoms with Crippen LogP contribution in [0.5, 0.6) is 0 Å². The lowest BCUT2D eigenvalue weighted by Crippen LogP contribution is -1.95. The van der Waals surface area contributed by atoms with Crippen molar-refractivity contribution in [1.29, 1.82) is 0 Å². The average Bonchev–Trinajstić information content (AvgIpc) is 2.06. The molecule has 0 heterocycles. The van der Waals surface area contributed by atoms with Gasteiger partial charge in [0.1, 0.15) is 0 Å². The molecule has 0 aromatic rings. The molecule has 0 saturated carbocycles. The molecule has 13 heavy (non-hydrogen) atoms. The zero-order valence-electron chi connectivity index (χ0n) is 8.20. The standard InChI is InChI=1S/C5H10OS2.C3H6O2/c1-3-6-5(7)8-4-2;1-2-3(4)5/h3-4H2,1-2H3;2H2,1H3,(H,4,5). The maximum Gasteiger partial charge on any atom is 0.303 e. The van der Waals surface area contributed by atoms with Gasteiger partial charge in [0, 0.05) is 6.42 Å². The molecule has 0 aromatic heterocycles. The van der Waals surface area contributed by atoms with Crippen molar-refractivity contribution in [1.82, 2.24) is 0 Å². The maximum atomic E-state index is 9.37. The van der Waals surface area contributed by atoms with Gasteiger partial charge >= 0.3 is 5.97 Å². The molecule has 5 heteroatoms. The summed E-state index contributed by atoms with van der Waals surface area (Å²) in [5.74, 6) is 0.253. The number of carbonyl (C=O) groups is 1. The number of carboxylic acids is 1. The third kappa shape index (κ3) is 18.6. The predicted octanol–water partition coefficient (Wildman–Crippen LogP) is 2.54. The second-order valence-corrected chi connectivity index (χ2v) is 3.73. The molecular formula is C8H16O3S2. The zero-order chi connectivity index (χ0) is 10.7. The Balaban J connectivity index is 0. The minimum atomic E-state index is -0.745. The van der Waals surface area contributed by atoms with Gasteiger partial charge in [-0.3, -0.25) is 4.79 Å². The van der Waals surface area contributed by atoms with E-state index in [4.69, 9.17) is 22.1 Å². The van der Waals surface area contributed by atoms with Crippen LogP contribution in [0.15, 0.2) is 0 Å². The molecule has 0 radical (unpaired) electrons. The van der Waals surface area contributed by atoms with Gasteiger partial charge in [0.15, 0.2) is 0 Å². The second kappa shape index (κ2) is 11.7. The van der Waals surface area contributed by atoms with Crippen LogP contribution in [0.25, 0.3) is 0 Å². The molecule has 3 nitrogen and oxygen atoms in total. The topological polar surface area (TPSA) is 46.5 Å². The van der Waals surface area contributed by atoms with E-state index >= 15 is 0 Å². The highest BCUT2D eigenvalue weighted by atomic mass is 32.2. The van der Waals surface area contributed by atoms with Crippen molar-refractivity contribution in [2.24, 2.45) is 0 Å². The fourth-order valence-electron chi connectivity index (χ4n) is 0.277. The van der Waals surface area contributed by atoms with Crippen molar-refractivity contribution in [2.45, 2.75) is 27.2 Å². The summed E-state index contributed by atoms with van der Waals surface area (Å²) in [4.78, 5) is 9.37. The molecule has 0 fully saturated rings. The van der Waals surface area contributed by atoms with Crippen LogP contribution < -0.4 is 0 Å². The molecule has 1 N–H and O–H groups in total. The predicted molar refractivity (Wildman–Crippen MR) is 60.3 cm³/mol. The summed E-state index contributed by atoms with van der Waals surface area (Å²) in [5.41, 5.74) is 0. The van der Waals surface area contributed by atoms with Crippen LogP contribution in [0.3, 0.4) is 0 Å². The number of thiocarbonyl (C=S) groups is 1. The van der Waals surface area contributed by atoms with E-state index < -0.39 is 5.97 Å². The Morgan fingerprint density at radius 2 is 1.92 bits per heavy atom. The summed E-state index contributed by atoms with van der Waals surface area (Å²) < 4.78 is 5.64. The Morgan fingerprint density at radius 1 is 1.46 bits per heavy atom. The van der Waals surface area contributed by atoms with E-state index in [0.717, 1.165) is 5.75 Å². The molecule has 0 unspecified atom stereocenters. The first-order chi connectivity index (χ1) is 6.08. The molecule has 0 aliphatic rings. The summed E-state index contributed by atoms with van der Waals surface area (Å²) in [7, 11) is 0. The van der Waals surface area contributed by atoms with Gasteiger partial charge in [0.05, 0.1) is 6.61 Å². The Bertz CT molecular complexity index is 140. The highest BCUT2D eigenvalue weighted by molar-refractivity contribution is 8.22. The normalized spacial score (nSPS) is 8.23. The smallest absolute Gasteiger partial charge is 0.303 e.